The van der Waals surface area contributed by atoms with E-state index in [0.29, 0.717) is 32.4 Å². The summed E-state index contributed by atoms with van der Waals surface area (Å²) in [6, 6.07) is 5.68. The van der Waals surface area contributed by atoms with Crippen molar-refractivity contribution in [3.8, 4) is 0 Å². The average Bonchev–Trinajstić information content (AvgIpc) is 2.84. The molecule has 0 saturated carbocycles. The summed E-state index contributed by atoms with van der Waals surface area (Å²) < 4.78 is 14.0. The van der Waals surface area contributed by atoms with Gasteiger partial charge in [-0.3, -0.25) is 14.6 Å². The molecule has 0 spiro atoms. The predicted molar refractivity (Wildman–Crippen MR) is 147 cm³/mol. The van der Waals surface area contributed by atoms with E-state index in [1.807, 2.05) is 69.3 Å². The van der Waals surface area contributed by atoms with Gasteiger partial charge in [0.1, 0.15) is 11.3 Å². The number of benzene rings is 1. The lowest BCUT2D eigenvalue weighted by Crippen LogP contribution is -2.47. The second-order valence-corrected chi connectivity index (χ2v) is 10.6. The van der Waals surface area contributed by atoms with Crippen molar-refractivity contribution in [3.63, 3.8) is 0 Å². The van der Waals surface area contributed by atoms with Crippen LogP contribution in [0.4, 0.5) is 4.39 Å². The summed E-state index contributed by atoms with van der Waals surface area (Å²) in [6.07, 6.45) is 8.30. The fourth-order valence-electron chi connectivity index (χ4n) is 4.20. The minimum Gasteiger partial charge on any atom is -0.511 e. The molecule has 5 nitrogen and oxygen atoms in total. The number of allylic oxidation sites excluding steroid dienone is 4. The SMILES string of the molecule is CC/C(=C\C=C/CCC(C)F)CN1C(=O)/C(C(=O)Cc2ccc(Br)cc2C)=C(/O)C(C)CCCN1C. The number of nitrogens with zero attached hydrogens (tertiary/aromatic N) is 2. The molecule has 0 aliphatic carbocycles. The molecule has 2 atom stereocenters. The molecule has 2 rings (SSSR count). The van der Waals surface area contributed by atoms with Crippen LogP contribution in [-0.4, -0.2) is 53.1 Å². The van der Waals surface area contributed by atoms with Crippen LogP contribution in [0.15, 0.2) is 57.8 Å². The summed E-state index contributed by atoms with van der Waals surface area (Å²) in [4.78, 5) is 27.3. The van der Waals surface area contributed by atoms with Gasteiger partial charge in [0.05, 0.1) is 12.7 Å². The van der Waals surface area contributed by atoms with E-state index >= 15 is 0 Å². The van der Waals surface area contributed by atoms with Gasteiger partial charge in [0.2, 0.25) is 0 Å². The second kappa shape index (κ2) is 14.5. The van der Waals surface area contributed by atoms with Gasteiger partial charge in [-0.1, -0.05) is 54.1 Å². The first-order valence-corrected chi connectivity index (χ1v) is 13.6. The number of Topliss-reactive ketones (excluding diaryl/α,β-unsaturated/α-hetero) is 1. The lowest BCUT2D eigenvalue weighted by atomic mass is 9.93. The quantitative estimate of drug-likeness (QED) is 0.251. The van der Waals surface area contributed by atoms with Crippen LogP contribution in [0, 0.1) is 12.8 Å². The van der Waals surface area contributed by atoms with Crippen molar-refractivity contribution in [2.24, 2.45) is 5.92 Å². The minimum absolute atomic E-state index is 0.0424. The van der Waals surface area contributed by atoms with Crippen LogP contribution < -0.4 is 0 Å². The standard InChI is InChI=1S/C29H40BrFN2O3/c1-6-23(13-9-7-8-12-22(4)31)19-33-29(36)27(28(35)20(2)11-10-16-32(33)5)26(34)18-24-14-15-25(30)17-21(24)3/h7,9,13-15,17,20,22,35H,6,8,10-12,16,18-19H2,1-5H3/b9-7-,23-13+,28-27+. The lowest BCUT2D eigenvalue weighted by molar-refractivity contribution is -0.142. The molecule has 36 heavy (non-hydrogen) atoms. The molecule has 0 aromatic heterocycles. The highest BCUT2D eigenvalue weighted by Gasteiger charge is 2.33. The van der Waals surface area contributed by atoms with Crippen LogP contribution in [0.2, 0.25) is 0 Å². The Hall–Kier alpha value is -2.25. The number of carbonyl (C=O) groups is 2. The van der Waals surface area contributed by atoms with Gasteiger partial charge in [0.15, 0.2) is 5.78 Å². The molecule has 1 N–H and O–H groups in total. The maximum absolute atomic E-state index is 13.8. The second-order valence-electron chi connectivity index (χ2n) is 9.68. The first-order valence-electron chi connectivity index (χ1n) is 12.8. The van der Waals surface area contributed by atoms with Gasteiger partial charge in [0, 0.05) is 30.4 Å². The Morgan fingerprint density at radius 3 is 2.72 bits per heavy atom. The Balaban J connectivity index is 2.36. The van der Waals surface area contributed by atoms with Crippen molar-refractivity contribution in [2.45, 2.75) is 72.4 Å². The van der Waals surface area contributed by atoms with E-state index < -0.39 is 12.1 Å². The molecule has 2 unspecified atom stereocenters. The molecule has 0 radical (unpaired) electrons. The third kappa shape index (κ3) is 8.70. The Morgan fingerprint density at radius 1 is 1.36 bits per heavy atom. The van der Waals surface area contributed by atoms with E-state index in [4.69, 9.17) is 0 Å². The van der Waals surface area contributed by atoms with Gasteiger partial charge < -0.3 is 5.11 Å². The number of aliphatic hydroxyl groups excluding tert-OH is 1. The number of hydrogen-bond acceptors (Lipinski definition) is 4. The molecule has 7 heteroatoms. The number of rotatable bonds is 10. The van der Waals surface area contributed by atoms with E-state index in [1.165, 1.54) is 0 Å². The van der Waals surface area contributed by atoms with E-state index in [9.17, 15) is 19.1 Å². The average molecular weight is 564 g/mol. The molecule has 0 saturated heterocycles. The molecule has 0 bridgehead atoms. The highest BCUT2D eigenvalue weighted by Crippen LogP contribution is 2.26. The van der Waals surface area contributed by atoms with E-state index in [1.54, 1.807) is 11.9 Å². The van der Waals surface area contributed by atoms with Crippen molar-refractivity contribution >= 4 is 27.6 Å². The smallest absolute Gasteiger partial charge is 0.275 e. The number of carbonyl (C=O) groups excluding carboxylic acids is 2. The fourth-order valence-corrected chi connectivity index (χ4v) is 4.67. The Morgan fingerprint density at radius 2 is 2.08 bits per heavy atom. The Labute approximate surface area is 223 Å². The third-order valence-corrected chi connectivity index (χ3v) is 7.14. The monoisotopic (exact) mass is 562 g/mol. The number of aryl methyl sites for hydroxylation is 1. The molecule has 1 aliphatic heterocycles. The highest BCUT2D eigenvalue weighted by molar-refractivity contribution is 9.10. The van der Waals surface area contributed by atoms with Crippen molar-refractivity contribution in [2.75, 3.05) is 20.1 Å². The zero-order valence-corrected chi connectivity index (χ0v) is 23.8. The van der Waals surface area contributed by atoms with Gasteiger partial charge in [-0.25, -0.2) is 9.40 Å². The van der Waals surface area contributed by atoms with Crippen molar-refractivity contribution in [1.29, 1.82) is 0 Å². The molecule has 198 valence electrons. The van der Waals surface area contributed by atoms with E-state index in [2.05, 4.69) is 15.9 Å². The fraction of sp³-hybridized carbons (Fsp3) is 0.517. The summed E-state index contributed by atoms with van der Waals surface area (Å²) in [5.74, 6) is -1.26. The Kier molecular flexibility index (Phi) is 12.1. The topological polar surface area (TPSA) is 60.9 Å². The third-order valence-electron chi connectivity index (χ3n) is 6.64. The van der Waals surface area contributed by atoms with Crippen molar-refractivity contribution in [3.05, 3.63) is 68.9 Å². The number of aliphatic hydroxyl groups is 1. The minimum atomic E-state index is -0.834. The summed E-state index contributed by atoms with van der Waals surface area (Å²) >= 11 is 3.44. The first-order chi connectivity index (χ1) is 17.0. The molecular formula is C29H40BrFN2O3. The number of hydrazine groups is 1. The molecule has 1 aliphatic rings. The molecular weight excluding hydrogens is 523 g/mol. The van der Waals surface area contributed by atoms with E-state index in [-0.39, 0.29) is 29.5 Å². The molecule has 1 aromatic carbocycles. The number of hydrogen-bond donors (Lipinski definition) is 1. The number of ketones is 1. The number of alkyl halides is 1. The molecule has 1 aromatic rings. The molecule has 1 heterocycles. The number of amides is 1. The summed E-state index contributed by atoms with van der Waals surface area (Å²) in [7, 11) is 1.84. The lowest BCUT2D eigenvalue weighted by Gasteiger charge is -2.33. The maximum atomic E-state index is 13.8. The van der Waals surface area contributed by atoms with Gasteiger partial charge in [-0.2, -0.15) is 0 Å². The maximum Gasteiger partial charge on any atom is 0.275 e. The largest absolute Gasteiger partial charge is 0.511 e. The summed E-state index contributed by atoms with van der Waals surface area (Å²) in [6.45, 7) is 8.30. The van der Waals surface area contributed by atoms with Crippen LogP contribution >= 0.6 is 15.9 Å². The predicted octanol–water partition coefficient (Wildman–Crippen LogP) is 6.82. The normalized spacial score (nSPS) is 21.4. The zero-order chi connectivity index (χ0) is 26.8. The van der Waals surface area contributed by atoms with Crippen molar-refractivity contribution < 1.29 is 19.1 Å². The van der Waals surface area contributed by atoms with Gasteiger partial charge >= 0.3 is 0 Å². The van der Waals surface area contributed by atoms with Crippen molar-refractivity contribution in [1.82, 2.24) is 10.0 Å². The Bertz CT molecular complexity index is 1020. The van der Waals surface area contributed by atoms with Crippen LogP contribution in [0.3, 0.4) is 0 Å². The highest BCUT2D eigenvalue weighted by atomic mass is 79.9. The zero-order valence-electron chi connectivity index (χ0n) is 22.2. The number of halogens is 2. The molecule has 1 amide bonds. The molecule has 0 fully saturated rings. The van der Waals surface area contributed by atoms with Gasteiger partial charge in [-0.05, 0) is 74.8 Å². The van der Waals surface area contributed by atoms with Gasteiger partial charge in [-0.15, -0.1) is 0 Å². The summed E-state index contributed by atoms with van der Waals surface area (Å²) in [5, 5.41) is 14.5. The van der Waals surface area contributed by atoms with E-state index in [0.717, 1.165) is 34.0 Å². The van der Waals surface area contributed by atoms with Gasteiger partial charge in [0.25, 0.3) is 5.91 Å². The van der Waals surface area contributed by atoms with Crippen LogP contribution in [0.25, 0.3) is 0 Å². The van der Waals surface area contributed by atoms with Crippen LogP contribution in [-0.2, 0) is 16.0 Å². The van der Waals surface area contributed by atoms with Crippen LogP contribution in [0.1, 0.15) is 64.0 Å². The van der Waals surface area contributed by atoms with Crippen LogP contribution in [0.5, 0.6) is 0 Å². The first kappa shape index (κ1) is 30.0. The summed E-state index contributed by atoms with van der Waals surface area (Å²) in [5.41, 5.74) is 2.65.